The Morgan fingerprint density at radius 1 is 1.18 bits per heavy atom. The first-order valence-electron chi connectivity index (χ1n) is 9.22. The Morgan fingerprint density at radius 2 is 1.89 bits per heavy atom. The van der Waals surface area contributed by atoms with E-state index >= 15 is 0 Å². The number of hydrogen-bond donors (Lipinski definition) is 1. The summed E-state index contributed by atoms with van der Waals surface area (Å²) in [6.07, 6.45) is 1.50. The Morgan fingerprint density at radius 3 is 2.57 bits per heavy atom. The van der Waals surface area contributed by atoms with Gasteiger partial charge >= 0.3 is 0 Å². The molecule has 1 aliphatic rings. The van der Waals surface area contributed by atoms with Gasteiger partial charge in [0.1, 0.15) is 16.5 Å². The third-order valence-corrected chi connectivity index (χ3v) is 6.44. The highest BCUT2D eigenvalue weighted by Crippen LogP contribution is 2.31. The average Bonchev–Trinajstić information content (AvgIpc) is 3.20. The second-order valence-corrected chi connectivity index (χ2v) is 8.43. The number of carbonyl (C=O) groups is 1. The molecule has 0 saturated carbocycles. The first-order valence-corrected chi connectivity index (χ1v) is 10.7. The zero-order valence-corrected chi connectivity index (χ0v) is 16.5. The summed E-state index contributed by atoms with van der Waals surface area (Å²) in [5.41, 5.74) is 0.596. The number of ether oxygens (including phenoxy) is 1. The topological polar surface area (TPSA) is 75.7 Å². The Hall–Kier alpha value is -2.45. The molecule has 6 nitrogen and oxygen atoms in total. The number of anilines is 1. The predicted octanol–water partition coefficient (Wildman–Crippen LogP) is 3.19. The van der Waals surface area contributed by atoms with E-state index in [9.17, 15) is 17.6 Å². The molecule has 0 radical (unpaired) electrons. The molecule has 3 rings (SSSR count). The number of nitrogens with one attached hydrogen (secondary N) is 1. The first kappa shape index (κ1) is 20.3. The maximum atomic E-state index is 13.7. The standard InChI is InChI=1S/C20H23FN2O4S/c1-2-27-18-10-9-16(14-19(18)28(25,26)23-11-5-6-12-23)22-20(24)13-15-7-3-4-8-17(15)21/h3-4,7-10,14H,2,5-6,11-13H2,1H3,(H,22,24). The summed E-state index contributed by atoms with van der Waals surface area (Å²) in [4.78, 5) is 12.3. The number of sulfonamides is 1. The van der Waals surface area contributed by atoms with Crippen LogP contribution in [0.1, 0.15) is 25.3 Å². The molecule has 150 valence electrons. The highest BCUT2D eigenvalue weighted by atomic mass is 32.2. The minimum Gasteiger partial charge on any atom is -0.492 e. The summed E-state index contributed by atoms with van der Waals surface area (Å²) in [5.74, 6) is -0.637. The van der Waals surface area contributed by atoms with Crippen molar-refractivity contribution < 1.29 is 22.3 Å². The molecule has 0 unspecified atom stereocenters. The smallest absolute Gasteiger partial charge is 0.246 e. The number of rotatable bonds is 7. The molecule has 28 heavy (non-hydrogen) atoms. The SMILES string of the molecule is CCOc1ccc(NC(=O)Cc2ccccc2F)cc1S(=O)(=O)N1CCCC1. The summed E-state index contributed by atoms with van der Waals surface area (Å²) in [7, 11) is -3.72. The van der Waals surface area contributed by atoms with E-state index in [-0.39, 0.29) is 22.6 Å². The van der Waals surface area contributed by atoms with Gasteiger partial charge < -0.3 is 10.1 Å². The van der Waals surface area contributed by atoms with Crippen LogP contribution >= 0.6 is 0 Å². The van der Waals surface area contributed by atoms with Gasteiger partial charge in [-0.2, -0.15) is 4.31 Å². The van der Waals surface area contributed by atoms with Crippen molar-refractivity contribution in [3.8, 4) is 5.75 Å². The molecular formula is C20H23FN2O4S. The van der Waals surface area contributed by atoms with Crippen LogP contribution in [0.25, 0.3) is 0 Å². The number of hydrogen-bond acceptors (Lipinski definition) is 4. The molecule has 0 atom stereocenters. The average molecular weight is 406 g/mol. The third kappa shape index (κ3) is 4.51. The second kappa shape index (κ2) is 8.70. The van der Waals surface area contributed by atoms with E-state index in [1.54, 1.807) is 25.1 Å². The molecular weight excluding hydrogens is 383 g/mol. The molecule has 0 bridgehead atoms. The van der Waals surface area contributed by atoms with Crippen LogP contribution in [0.4, 0.5) is 10.1 Å². The van der Waals surface area contributed by atoms with E-state index in [4.69, 9.17) is 4.74 Å². The molecule has 1 N–H and O–H groups in total. The van der Waals surface area contributed by atoms with Crippen molar-refractivity contribution in [3.63, 3.8) is 0 Å². The van der Waals surface area contributed by atoms with Gasteiger partial charge in [0.25, 0.3) is 0 Å². The van der Waals surface area contributed by atoms with E-state index in [0.29, 0.717) is 25.4 Å². The highest BCUT2D eigenvalue weighted by Gasteiger charge is 2.30. The number of halogens is 1. The third-order valence-electron chi connectivity index (χ3n) is 4.52. The first-order chi connectivity index (χ1) is 13.4. The minimum atomic E-state index is -3.72. The van der Waals surface area contributed by atoms with Gasteiger partial charge in [0.05, 0.1) is 13.0 Å². The number of carbonyl (C=O) groups excluding carboxylic acids is 1. The zero-order valence-electron chi connectivity index (χ0n) is 15.7. The quantitative estimate of drug-likeness (QED) is 0.766. The van der Waals surface area contributed by atoms with Crippen LogP contribution in [0, 0.1) is 5.82 Å². The van der Waals surface area contributed by atoms with Crippen LogP contribution in [0.2, 0.25) is 0 Å². The van der Waals surface area contributed by atoms with E-state index in [0.717, 1.165) is 12.8 Å². The van der Waals surface area contributed by atoms with Gasteiger partial charge in [-0.3, -0.25) is 4.79 Å². The molecule has 2 aromatic carbocycles. The Labute approximate surface area is 164 Å². The molecule has 1 amide bonds. The Kier molecular flexibility index (Phi) is 6.31. The van der Waals surface area contributed by atoms with Gasteiger partial charge in [0, 0.05) is 18.8 Å². The Bertz CT molecular complexity index is 956. The van der Waals surface area contributed by atoms with Gasteiger partial charge in [-0.25, -0.2) is 12.8 Å². The van der Waals surface area contributed by atoms with Crippen molar-refractivity contribution in [3.05, 3.63) is 53.8 Å². The molecule has 8 heteroatoms. The summed E-state index contributed by atoms with van der Waals surface area (Å²) in [6.45, 7) is 3.04. The highest BCUT2D eigenvalue weighted by molar-refractivity contribution is 7.89. The van der Waals surface area contributed by atoms with Crippen LogP contribution in [-0.4, -0.2) is 38.3 Å². The van der Waals surface area contributed by atoms with Crippen molar-refractivity contribution in [1.82, 2.24) is 4.31 Å². The molecule has 1 fully saturated rings. The lowest BCUT2D eigenvalue weighted by molar-refractivity contribution is -0.115. The lowest BCUT2D eigenvalue weighted by atomic mass is 10.1. The second-order valence-electron chi connectivity index (χ2n) is 6.52. The molecule has 1 heterocycles. The lowest BCUT2D eigenvalue weighted by Gasteiger charge is -2.19. The largest absolute Gasteiger partial charge is 0.492 e. The van der Waals surface area contributed by atoms with Crippen molar-refractivity contribution in [2.24, 2.45) is 0 Å². The number of amides is 1. The van der Waals surface area contributed by atoms with Gasteiger partial charge in [-0.05, 0) is 49.6 Å². The van der Waals surface area contributed by atoms with Gasteiger partial charge in [-0.15, -0.1) is 0 Å². The monoisotopic (exact) mass is 406 g/mol. The van der Waals surface area contributed by atoms with Crippen LogP contribution in [0.3, 0.4) is 0 Å². The lowest BCUT2D eigenvalue weighted by Crippen LogP contribution is -2.28. The van der Waals surface area contributed by atoms with Crippen LogP contribution in [-0.2, 0) is 21.2 Å². The van der Waals surface area contributed by atoms with E-state index in [1.807, 2.05) is 0 Å². The summed E-state index contributed by atoms with van der Waals surface area (Å²) >= 11 is 0. The summed E-state index contributed by atoms with van der Waals surface area (Å²) in [6, 6.07) is 10.6. The fourth-order valence-corrected chi connectivity index (χ4v) is 4.82. The maximum absolute atomic E-state index is 13.7. The minimum absolute atomic E-state index is 0.0277. The predicted molar refractivity (Wildman–Crippen MR) is 104 cm³/mol. The molecule has 0 aromatic heterocycles. The fourth-order valence-electron chi connectivity index (χ4n) is 3.15. The molecule has 2 aromatic rings. The summed E-state index contributed by atoms with van der Waals surface area (Å²) in [5, 5.41) is 2.65. The van der Waals surface area contributed by atoms with Crippen molar-refractivity contribution in [2.45, 2.75) is 31.1 Å². The molecule has 0 spiro atoms. The summed E-state index contributed by atoms with van der Waals surface area (Å²) < 4.78 is 46.6. The van der Waals surface area contributed by atoms with Crippen LogP contribution in [0.15, 0.2) is 47.4 Å². The molecule has 1 aliphatic heterocycles. The maximum Gasteiger partial charge on any atom is 0.246 e. The van der Waals surface area contributed by atoms with E-state index in [2.05, 4.69) is 5.32 Å². The number of benzene rings is 2. The fraction of sp³-hybridized carbons (Fsp3) is 0.350. The normalized spacial score (nSPS) is 14.8. The Balaban J connectivity index is 1.84. The van der Waals surface area contributed by atoms with E-state index < -0.39 is 21.7 Å². The van der Waals surface area contributed by atoms with Crippen LogP contribution in [0.5, 0.6) is 5.75 Å². The van der Waals surface area contributed by atoms with Gasteiger partial charge in [0.2, 0.25) is 15.9 Å². The van der Waals surface area contributed by atoms with Gasteiger partial charge in [-0.1, -0.05) is 18.2 Å². The molecule has 0 aliphatic carbocycles. The van der Waals surface area contributed by atoms with Crippen LogP contribution < -0.4 is 10.1 Å². The van der Waals surface area contributed by atoms with Crippen molar-refractivity contribution in [1.29, 1.82) is 0 Å². The van der Waals surface area contributed by atoms with Crippen molar-refractivity contribution in [2.75, 3.05) is 25.0 Å². The van der Waals surface area contributed by atoms with Crippen molar-refractivity contribution >= 4 is 21.6 Å². The zero-order chi connectivity index (χ0) is 20.1. The molecule has 1 saturated heterocycles. The number of nitrogens with zero attached hydrogens (tertiary/aromatic N) is 1. The van der Waals surface area contributed by atoms with Gasteiger partial charge in [0.15, 0.2) is 0 Å². The van der Waals surface area contributed by atoms with E-state index in [1.165, 1.54) is 28.6 Å².